The third-order valence-electron chi connectivity index (χ3n) is 3.13. The number of benzene rings is 1. The van der Waals surface area contributed by atoms with Crippen molar-refractivity contribution in [1.82, 2.24) is 0 Å². The van der Waals surface area contributed by atoms with Gasteiger partial charge in [-0.2, -0.15) is 39.5 Å². The highest BCUT2D eigenvalue weighted by molar-refractivity contribution is 5.38. The molecule has 132 valence electrons. The molecule has 0 aromatic heterocycles. The second-order valence-electron chi connectivity index (χ2n) is 5.15. The SMILES string of the molecule is CC(C)c1cc(C(F)(F)F)cc(C(F)(C(F)(F)F)C(F)(F)F)c1. The van der Waals surface area contributed by atoms with Crippen molar-refractivity contribution in [2.24, 2.45) is 0 Å². The fourth-order valence-corrected chi connectivity index (χ4v) is 1.84. The van der Waals surface area contributed by atoms with E-state index in [4.69, 9.17) is 0 Å². The van der Waals surface area contributed by atoms with E-state index in [9.17, 15) is 43.9 Å². The van der Waals surface area contributed by atoms with Gasteiger partial charge in [-0.15, -0.1) is 0 Å². The summed E-state index contributed by atoms with van der Waals surface area (Å²) >= 11 is 0. The summed E-state index contributed by atoms with van der Waals surface area (Å²) in [5, 5.41) is 0. The van der Waals surface area contributed by atoms with Gasteiger partial charge in [0.15, 0.2) is 0 Å². The van der Waals surface area contributed by atoms with Crippen LogP contribution in [0.3, 0.4) is 0 Å². The molecule has 0 atom stereocenters. The zero-order chi connectivity index (χ0) is 18.4. The van der Waals surface area contributed by atoms with Crippen LogP contribution >= 0.6 is 0 Å². The van der Waals surface area contributed by atoms with Crippen LogP contribution in [0.15, 0.2) is 18.2 Å². The zero-order valence-electron chi connectivity index (χ0n) is 11.6. The molecule has 0 saturated carbocycles. The molecule has 0 bridgehead atoms. The number of rotatable bonds is 2. The molecule has 1 rings (SSSR count). The summed E-state index contributed by atoms with van der Waals surface area (Å²) in [5.41, 5.74) is -10.3. The Hall–Kier alpha value is -1.48. The van der Waals surface area contributed by atoms with Gasteiger partial charge in [0.2, 0.25) is 0 Å². The first-order chi connectivity index (χ1) is 10.0. The lowest BCUT2D eigenvalue weighted by Crippen LogP contribution is -2.50. The normalized spacial score (nSPS) is 14.5. The highest BCUT2D eigenvalue weighted by Gasteiger charge is 2.73. The summed E-state index contributed by atoms with van der Waals surface area (Å²) in [6.07, 6.45) is -18.2. The average Bonchev–Trinajstić information content (AvgIpc) is 2.33. The van der Waals surface area contributed by atoms with Gasteiger partial charge in [-0.1, -0.05) is 19.9 Å². The topological polar surface area (TPSA) is 0 Å². The van der Waals surface area contributed by atoms with Crippen LogP contribution in [0.25, 0.3) is 0 Å². The highest BCUT2D eigenvalue weighted by atomic mass is 19.4. The van der Waals surface area contributed by atoms with Gasteiger partial charge in [0, 0.05) is 5.56 Å². The highest BCUT2D eigenvalue weighted by Crippen LogP contribution is 2.54. The van der Waals surface area contributed by atoms with Crippen molar-refractivity contribution in [3.8, 4) is 0 Å². The molecule has 0 radical (unpaired) electrons. The van der Waals surface area contributed by atoms with E-state index in [1.807, 2.05) is 0 Å². The quantitative estimate of drug-likeness (QED) is 0.560. The first-order valence-corrected chi connectivity index (χ1v) is 6.07. The molecule has 0 N–H and O–H groups in total. The smallest absolute Gasteiger partial charge is 0.218 e. The van der Waals surface area contributed by atoms with Gasteiger partial charge >= 0.3 is 24.2 Å². The van der Waals surface area contributed by atoms with Crippen molar-refractivity contribution in [2.45, 2.75) is 44.0 Å². The molecule has 0 spiro atoms. The molecule has 0 saturated heterocycles. The molecule has 1 aromatic carbocycles. The largest absolute Gasteiger partial charge is 0.435 e. The molecule has 0 amide bonds. The third kappa shape index (κ3) is 3.55. The minimum atomic E-state index is -6.47. The molecule has 1 aromatic rings. The van der Waals surface area contributed by atoms with Crippen LogP contribution in [0.4, 0.5) is 43.9 Å². The summed E-state index contributed by atoms with van der Waals surface area (Å²) in [6.45, 7) is 2.50. The van der Waals surface area contributed by atoms with E-state index in [0.29, 0.717) is 6.07 Å². The molecule has 0 fully saturated rings. The van der Waals surface area contributed by atoms with Crippen LogP contribution in [0.5, 0.6) is 0 Å². The van der Waals surface area contributed by atoms with Crippen molar-refractivity contribution in [3.05, 3.63) is 34.9 Å². The van der Waals surface area contributed by atoms with Crippen LogP contribution in [0, 0.1) is 0 Å². The first-order valence-electron chi connectivity index (χ1n) is 6.07. The number of alkyl halides is 10. The van der Waals surface area contributed by atoms with Crippen LogP contribution in [0.1, 0.15) is 36.5 Å². The van der Waals surface area contributed by atoms with Gasteiger partial charge in [0.25, 0.3) is 0 Å². The van der Waals surface area contributed by atoms with E-state index in [0.717, 1.165) is 0 Å². The fraction of sp³-hybridized carbons (Fsp3) is 0.538. The zero-order valence-corrected chi connectivity index (χ0v) is 11.6. The van der Waals surface area contributed by atoms with Crippen molar-refractivity contribution in [1.29, 1.82) is 0 Å². The standard InChI is InChI=1S/C13H10F10/c1-6(2)7-3-8(5-9(4-7)11(15,16)17)10(14,12(18,19)20)13(21,22)23/h3-6H,1-2H3. The molecule has 0 aliphatic heterocycles. The second-order valence-corrected chi connectivity index (χ2v) is 5.15. The maximum Gasteiger partial charge on any atom is 0.435 e. The van der Waals surface area contributed by atoms with E-state index < -0.39 is 52.9 Å². The Morgan fingerprint density at radius 3 is 1.35 bits per heavy atom. The molecule has 10 heteroatoms. The van der Waals surface area contributed by atoms with Gasteiger partial charge in [0.1, 0.15) is 0 Å². The third-order valence-corrected chi connectivity index (χ3v) is 3.13. The Kier molecular flexibility index (Phi) is 4.72. The predicted molar refractivity (Wildman–Crippen MR) is 60.4 cm³/mol. The molecule has 23 heavy (non-hydrogen) atoms. The van der Waals surface area contributed by atoms with Crippen LogP contribution < -0.4 is 0 Å². The lowest BCUT2D eigenvalue weighted by Gasteiger charge is -2.31. The Bertz CT molecular complexity index is 548. The number of hydrogen-bond acceptors (Lipinski definition) is 0. The van der Waals surface area contributed by atoms with E-state index in [2.05, 4.69) is 0 Å². The van der Waals surface area contributed by atoms with Gasteiger partial charge in [0.05, 0.1) is 5.56 Å². The minimum absolute atomic E-state index is 0.154. The Labute approximate surface area is 124 Å². The fourth-order valence-electron chi connectivity index (χ4n) is 1.84. The number of halogens is 10. The Balaban J connectivity index is 3.78. The van der Waals surface area contributed by atoms with Crippen LogP contribution in [-0.2, 0) is 11.8 Å². The van der Waals surface area contributed by atoms with Gasteiger partial charge in [-0.25, -0.2) is 4.39 Å². The average molecular weight is 356 g/mol. The van der Waals surface area contributed by atoms with Gasteiger partial charge in [-0.05, 0) is 23.6 Å². The van der Waals surface area contributed by atoms with Crippen molar-refractivity contribution >= 4 is 0 Å². The minimum Gasteiger partial charge on any atom is -0.218 e. The molecule has 0 heterocycles. The van der Waals surface area contributed by atoms with E-state index in [1.54, 1.807) is 0 Å². The van der Waals surface area contributed by atoms with Crippen molar-refractivity contribution in [2.75, 3.05) is 0 Å². The Morgan fingerprint density at radius 1 is 0.652 bits per heavy atom. The van der Waals surface area contributed by atoms with Crippen LogP contribution in [-0.4, -0.2) is 12.4 Å². The van der Waals surface area contributed by atoms with Crippen LogP contribution in [0.2, 0.25) is 0 Å². The van der Waals surface area contributed by atoms with Gasteiger partial charge in [-0.3, -0.25) is 0 Å². The first kappa shape index (κ1) is 19.6. The molecular formula is C13H10F10. The molecule has 0 aliphatic rings. The van der Waals surface area contributed by atoms with Crippen molar-refractivity contribution < 1.29 is 43.9 Å². The Morgan fingerprint density at radius 2 is 1.04 bits per heavy atom. The van der Waals surface area contributed by atoms with E-state index >= 15 is 0 Å². The summed E-state index contributed by atoms with van der Waals surface area (Å²) < 4.78 is 128. The predicted octanol–water partition coefficient (Wildman–Crippen LogP) is 6.12. The summed E-state index contributed by atoms with van der Waals surface area (Å²) in [6, 6.07) is 0.0785. The lowest BCUT2D eigenvalue weighted by molar-refractivity contribution is -0.348. The number of hydrogen-bond donors (Lipinski definition) is 0. The molecule has 0 nitrogen and oxygen atoms in total. The molecular weight excluding hydrogens is 346 g/mol. The monoisotopic (exact) mass is 356 g/mol. The van der Waals surface area contributed by atoms with E-state index in [1.165, 1.54) is 13.8 Å². The van der Waals surface area contributed by atoms with Crippen molar-refractivity contribution in [3.63, 3.8) is 0 Å². The molecule has 0 aliphatic carbocycles. The van der Waals surface area contributed by atoms with Gasteiger partial charge < -0.3 is 0 Å². The maximum atomic E-state index is 13.9. The maximum absolute atomic E-state index is 13.9. The summed E-state index contributed by atoms with van der Waals surface area (Å²) in [5.74, 6) is -0.846. The lowest BCUT2D eigenvalue weighted by atomic mass is 9.88. The second kappa shape index (κ2) is 5.55. The van der Waals surface area contributed by atoms with E-state index in [-0.39, 0.29) is 6.07 Å². The summed E-state index contributed by atoms with van der Waals surface area (Å²) in [4.78, 5) is 0. The molecule has 0 unspecified atom stereocenters. The summed E-state index contributed by atoms with van der Waals surface area (Å²) in [7, 11) is 0.